The zero-order valence-electron chi connectivity index (χ0n) is 8.66. The Morgan fingerprint density at radius 3 is 2.53 bits per heavy atom. The van der Waals surface area contributed by atoms with Crippen LogP contribution >= 0.6 is 11.3 Å². The third-order valence-corrected chi connectivity index (χ3v) is 3.30. The van der Waals surface area contributed by atoms with E-state index in [0.717, 1.165) is 17.0 Å². The van der Waals surface area contributed by atoms with Crippen molar-refractivity contribution in [3.63, 3.8) is 0 Å². The molecule has 1 aromatic carbocycles. The lowest BCUT2D eigenvalue weighted by molar-refractivity contribution is 0.173. The van der Waals surface area contributed by atoms with Crippen LogP contribution in [0.2, 0.25) is 0 Å². The average Bonchev–Trinajstić information content (AvgIpc) is 2.78. The summed E-state index contributed by atoms with van der Waals surface area (Å²) >= 11 is 1.41. The molecule has 0 bridgehead atoms. The SMILES string of the molecule is OC(Cc1cccs1)c1ccc(F)c(F)c1F. The molecule has 0 amide bonds. The van der Waals surface area contributed by atoms with Gasteiger partial charge in [0.25, 0.3) is 0 Å². The minimum absolute atomic E-state index is 0.180. The summed E-state index contributed by atoms with van der Waals surface area (Å²) in [5, 5.41) is 11.6. The highest BCUT2D eigenvalue weighted by Gasteiger charge is 2.19. The zero-order valence-corrected chi connectivity index (χ0v) is 9.48. The Hall–Kier alpha value is -1.33. The summed E-state index contributed by atoms with van der Waals surface area (Å²) in [4.78, 5) is 0.849. The van der Waals surface area contributed by atoms with Crippen LogP contribution in [0, 0.1) is 17.5 Å². The molecule has 90 valence electrons. The molecule has 0 fully saturated rings. The van der Waals surface area contributed by atoms with E-state index in [1.165, 1.54) is 11.3 Å². The van der Waals surface area contributed by atoms with Gasteiger partial charge in [-0.25, -0.2) is 13.2 Å². The van der Waals surface area contributed by atoms with Gasteiger partial charge in [-0.1, -0.05) is 12.1 Å². The summed E-state index contributed by atoms with van der Waals surface area (Å²) in [6.45, 7) is 0. The van der Waals surface area contributed by atoms with Crippen molar-refractivity contribution in [3.05, 3.63) is 57.5 Å². The number of hydrogen-bond acceptors (Lipinski definition) is 2. The second-order valence-electron chi connectivity index (χ2n) is 3.56. The fourth-order valence-corrected chi connectivity index (χ4v) is 2.27. The number of halogens is 3. The van der Waals surface area contributed by atoms with Crippen molar-refractivity contribution in [2.24, 2.45) is 0 Å². The second-order valence-corrected chi connectivity index (χ2v) is 4.60. The number of rotatable bonds is 3. The molecule has 1 aromatic heterocycles. The predicted octanol–water partition coefficient (Wildman–Crippen LogP) is 3.44. The fraction of sp³-hybridized carbons (Fsp3) is 0.167. The number of aliphatic hydroxyl groups is 1. The molecule has 0 aliphatic rings. The molecule has 1 unspecified atom stereocenters. The Morgan fingerprint density at radius 2 is 1.88 bits per heavy atom. The number of hydrogen-bond donors (Lipinski definition) is 1. The van der Waals surface area contributed by atoms with Gasteiger partial charge in [0.2, 0.25) is 0 Å². The van der Waals surface area contributed by atoms with Gasteiger partial charge < -0.3 is 5.11 Å². The Kier molecular flexibility index (Phi) is 3.49. The maximum atomic E-state index is 13.4. The van der Waals surface area contributed by atoms with E-state index in [4.69, 9.17) is 0 Å². The van der Waals surface area contributed by atoms with Crippen molar-refractivity contribution in [3.8, 4) is 0 Å². The molecule has 2 aromatic rings. The molecule has 1 nitrogen and oxygen atoms in total. The molecule has 0 radical (unpaired) electrons. The third-order valence-electron chi connectivity index (χ3n) is 2.40. The summed E-state index contributed by atoms with van der Waals surface area (Å²) < 4.78 is 39.0. The minimum Gasteiger partial charge on any atom is -0.388 e. The summed E-state index contributed by atoms with van der Waals surface area (Å²) in [5.74, 6) is -4.13. The molecule has 5 heteroatoms. The summed E-state index contributed by atoms with van der Waals surface area (Å²) in [6, 6.07) is 5.46. The standard InChI is InChI=1S/C12H9F3OS/c13-9-4-3-8(11(14)12(9)15)10(16)6-7-2-1-5-17-7/h1-5,10,16H,6H2. The molecular weight excluding hydrogens is 249 g/mol. The molecule has 1 N–H and O–H groups in total. The Morgan fingerprint density at radius 1 is 1.12 bits per heavy atom. The van der Waals surface area contributed by atoms with Gasteiger partial charge in [0.05, 0.1) is 6.10 Å². The van der Waals surface area contributed by atoms with Gasteiger partial charge in [-0.15, -0.1) is 11.3 Å². The third kappa shape index (κ3) is 2.50. The number of thiophene rings is 1. The van der Waals surface area contributed by atoms with Crippen molar-refractivity contribution >= 4 is 11.3 Å². The van der Waals surface area contributed by atoms with Gasteiger partial charge >= 0.3 is 0 Å². The van der Waals surface area contributed by atoms with Gasteiger partial charge in [-0.2, -0.15) is 0 Å². The highest BCUT2D eigenvalue weighted by atomic mass is 32.1. The van der Waals surface area contributed by atoms with Crippen molar-refractivity contribution in [2.75, 3.05) is 0 Å². The molecule has 1 atom stereocenters. The number of benzene rings is 1. The first-order valence-corrected chi connectivity index (χ1v) is 5.81. The quantitative estimate of drug-likeness (QED) is 0.836. The lowest BCUT2D eigenvalue weighted by Crippen LogP contribution is -2.06. The van der Waals surface area contributed by atoms with Crippen LogP contribution < -0.4 is 0 Å². The largest absolute Gasteiger partial charge is 0.388 e. The smallest absolute Gasteiger partial charge is 0.194 e. The van der Waals surface area contributed by atoms with E-state index in [-0.39, 0.29) is 12.0 Å². The van der Waals surface area contributed by atoms with Crippen LogP contribution in [-0.2, 0) is 6.42 Å². The van der Waals surface area contributed by atoms with Crippen LogP contribution in [0.25, 0.3) is 0 Å². The lowest BCUT2D eigenvalue weighted by Gasteiger charge is -2.11. The Labute approximate surface area is 100 Å². The van der Waals surface area contributed by atoms with Gasteiger partial charge in [-0.05, 0) is 17.5 Å². The first-order valence-electron chi connectivity index (χ1n) is 4.93. The first kappa shape index (κ1) is 12.1. The van der Waals surface area contributed by atoms with Crippen LogP contribution in [0.5, 0.6) is 0 Å². The molecule has 0 saturated heterocycles. The van der Waals surface area contributed by atoms with E-state index in [2.05, 4.69) is 0 Å². The molecule has 1 heterocycles. The van der Waals surface area contributed by atoms with Crippen molar-refractivity contribution in [1.82, 2.24) is 0 Å². The van der Waals surface area contributed by atoms with Gasteiger partial charge in [0, 0.05) is 16.9 Å². The summed E-state index contributed by atoms with van der Waals surface area (Å²) in [6.07, 6.45) is -0.997. The van der Waals surface area contributed by atoms with Crippen LogP contribution in [-0.4, -0.2) is 5.11 Å². The average molecular weight is 258 g/mol. The molecule has 0 aliphatic heterocycles. The number of aliphatic hydroxyl groups excluding tert-OH is 1. The molecule has 0 spiro atoms. The first-order chi connectivity index (χ1) is 8.09. The van der Waals surface area contributed by atoms with E-state index in [9.17, 15) is 18.3 Å². The van der Waals surface area contributed by atoms with E-state index in [1.807, 2.05) is 5.38 Å². The van der Waals surface area contributed by atoms with E-state index >= 15 is 0 Å². The highest BCUT2D eigenvalue weighted by molar-refractivity contribution is 7.09. The Balaban J connectivity index is 2.25. The zero-order chi connectivity index (χ0) is 12.4. The predicted molar refractivity (Wildman–Crippen MR) is 59.3 cm³/mol. The summed E-state index contributed by atoms with van der Waals surface area (Å²) in [5.41, 5.74) is -0.225. The van der Waals surface area contributed by atoms with E-state index in [1.54, 1.807) is 12.1 Å². The topological polar surface area (TPSA) is 20.2 Å². The minimum atomic E-state index is -1.55. The highest BCUT2D eigenvalue weighted by Crippen LogP contribution is 2.25. The van der Waals surface area contributed by atoms with E-state index < -0.39 is 23.6 Å². The van der Waals surface area contributed by atoms with Crippen molar-refractivity contribution < 1.29 is 18.3 Å². The normalized spacial score (nSPS) is 12.7. The Bertz CT molecular complexity index is 511. The van der Waals surface area contributed by atoms with Gasteiger partial charge in [-0.3, -0.25) is 0 Å². The van der Waals surface area contributed by atoms with Crippen LogP contribution in [0.15, 0.2) is 29.6 Å². The van der Waals surface area contributed by atoms with Crippen molar-refractivity contribution in [2.45, 2.75) is 12.5 Å². The van der Waals surface area contributed by atoms with E-state index in [0.29, 0.717) is 0 Å². The summed E-state index contributed by atoms with van der Waals surface area (Å²) in [7, 11) is 0. The molecular formula is C12H9F3OS. The maximum Gasteiger partial charge on any atom is 0.194 e. The molecule has 17 heavy (non-hydrogen) atoms. The maximum absolute atomic E-state index is 13.4. The molecule has 0 saturated carbocycles. The van der Waals surface area contributed by atoms with Gasteiger partial charge in [0.1, 0.15) is 0 Å². The fourth-order valence-electron chi connectivity index (χ4n) is 1.53. The second kappa shape index (κ2) is 4.89. The monoisotopic (exact) mass is 258 g/mol. The molecule has 2 rings (SSSR count). The van der Waals surface area contributed by atoms with Crippen LogP contribution in [0.3, 0.4) is 0 Å². The molecule has 0 aliphatic carbocycles. The lowest BCUT2D eigenvalue weighted by atomic mass is 10.0. The van der Waals surface area contributed by atoms with Gasteiger partial charge in [0.15, 0.2) is 17.5 Å². The van der Waals surface area contributed by atoms with Crippen LogP contribution in [0.1, 0.15) is 16.5 Å². The van der Waals surface area contributed by atoms with Crippen LogP contribution in [0.4, 0.5) is 13.2 Å². The van der Waals surface area contributed by atoms with Crippen molar-refractivity contribution in [1.29, 1.82) is 0 Å².